The minimum Gasteiger partial charge on any atom is -0.379 e. The molecule has 2 N–H and O–H groups in total. The molecule has 0 saturated carbocycles. The Morgan fingerprint density at radius 3 is 1.80 bits per heavy atom. The SMILES string of the molecule is CCCCCCCCCCCC(CCC)CC(O)NC. The number of nitrogens with one attached hydrogen (secondary N) is 1. The van der Waals surface area contributed by atoms with E-state index in [0.29, 0.717) is 5.92 Å². The quantitative estimate of drug-likeness (QED) is 0.318. The molecule has 0 aliphatic carbocycles. The molecule has 0 spiro atoms. The topological polar surface area (TPSA) is 32.3 Å². The van der Waals surface area contributed by atoms with Gasteiger partial charge in [-0.05, 0) is 19.4 Å². The van der Waals surface area contributed by atoms with E-state index in [1.807, 2.05) is 7.05 Å². The third-order valence-corrected chi connectivity index (χ3v) is 4.30. The normalized spacial score (nSPS) is 14.4. The first-order chi connectivity index (χ1) is 9.74. The van der Waals surface area contributed by atoms with E-state index >= 15 is 0 Å². The third kappa shape index (κ3) is 12.9. The summed E-state index contributed by atoms with van der Waals surface area (Å²) < 4.78 is 0. The lowest BCUT2D eigenvalue weighted by atomic mass is 9.92. The van der Waals surface area contributed by atoms with Crippen molar-refractivity contribution in [3.63, 3.8) is 0 Å². The Labute approximate surface area is 127 Å². The van der Waals surface area contributed by atoms with Crippen LogP contribution in [0, 0.1) is 5.92 Å². The molecule has 20 heavy (non-hydrogen) atoms. The van der Waals surface area contributed by atoms with E-state index in [0.717, 1.165) is 6.42 Å². The summed E-state index contributed by atoms with van der Waals surface area (Å²) in [4.78, 5) is 0. The van der Waals surface area contributed by atoms with Crippen molar-refractivity contribution in [2.45, 2.75) is 104 Å². The van der Waals surface area contributed by atoms with Gasteiger partial charge in [-0.25, -0.2) is 0 Å². The Morgan fingerprint density at radius 2 is 1.30 bits per heavy atom. The van der Waals surface area contributed by atoms with Gasteiger partial charge in [0.1, 0.15) is 6.23 Å². The highest BCUT2D eigenvalue weighted by Gasteiger charge is 2.12. The van der Waals surface area contributed by atoms with Crippen molar-refractivity contribution in [3.05, 3.63) is 0 Å². The summed E-state index contributed by atoms with van der Waals surface area (Å²) in [6.07, 6.45) is 17.0. The summed E-state index contributed by atoms with van der Waals surface area (Å²) in [7, 11) is 1.84. The van der Waals surface area contributed by atoms with Crippen LogP contribution in [0.4, 0.5) is 0 Å². The maximum atomic E-state index is 9.69. The number of rotatable bonds is 15. The first kappa shape index (κ1) is 19.9. The predicted molar refractivity (Wildman–Crippen MR) is 89.9 cm³/mol. The van der Waals surface area contributed by atoms with Crippen LogP contribution >= 0.6 is 0 Å². The molecule has 2 heteroatoms. The van der Waals surface area contributed by atoms with Gasteiger partial charge in [-0.1, -0.05) is 90.9 Å². The Morgan fingerprint density at radius 1 is 0.750 bits per heavy atom. The Bertz CT molecular complexity index is 184. The summed E-state index contributed by atoms with van der Waals surface area (Å²) in [5, 5.41) is 12.6. The van der Waals surface area contributed by atoms with E-state index in [1.54, 1.807) is 0 Å². The maximum absolute atomic E-state index is 9.69. The van der Waals surface area contributed by atoms with Crippen LogP contribution in [0.25, 0.3) is 0 Å². The van der Waals surface area contributed by atoms with Crippen LogP contribution < -0.4 is 5.32 Å². The molecule has 2 atom stereocenters. The van der Waals surface area contributed by atoms with Crippen molar-refractivity contribution in [3.8, 4) is 0 Å². The van der Waals surface area contributed by atoms with E-state index in [4.69, 9.17) is 0 Å². The van der Waals surface area contributed by atoms with Gasteiger partial charge in [-0.15, -0.1) is 0 Å². The molecule has 0 radical (unpaired) electrons. The van der Waals surface area contributed by atoms with E-state index in [2.05, 4.69) is 19.2 Å². The lowest BCUT2D eigenvalue weighted by Crippen LogP contribution is -2.27. The summed E-state index contributed by atoms with van der Waals surface area (Å²) >= 11 is 0. The van der Waals surface area contributed by atoms with Gasteiger partial charge in [-0.2, -0.15) is 0 Å². The minimum atomic E-state index is -0.315. The molecule has 2 unspecified atom stereocenters. The molecular weight excluding hydrogens is 246 g/mol. The number of aliphatic hydroxyl groups is 1. The zero-order chi connectivity index (χ0) is 15.1. The molecule has 0 aliphatic heterocycles. The molecule has 0 aromatic rings. The molecule has 2 nitrogen and oxygen atoms in total. The zero-order valence-electron chi connectivity index (χ0n) is 14.3. The Kier molecular flexibility index (Phi) is 15.3. The lowest BCUT2D eigenvalue weighted by molar-refractivity contribution is 0.111. The van der Waals surface area contributed by atoms with Crippen LogP contribution in [0.1, 0.15) is 97.3 Å². The van der Waals surface area contributed by atoms with Crippen LogP contribution in [0.5, 0.6) is 0 Å². The highest BCUT2D eigenvalue weighted by atomic mass is 16.3. The van der Waals surface area contributed by atoms with Gasteiger partial charge >= 0.3 is 0 Å². The largest absolute Gasteiger partial charge is 0.379 e. The van der Waals surface area contributed by atoms with Crippen LogP contribution in [-0.4, -0.2) is 18.4 Å². The average molecular weight is 286 g/mol. The molecule has 122 valence electrons. The molecular formula is C18H39NO. The van der Waals surface area contributed by atoms with Crippen molar-refractivity contribution in [2.75, 3.05) is 7.05 Å². The van der Waals surface area contributed by atoms with Crippen molar-refractivity contribution in [1.29, 1.82) is 0 Å². The van der Waals surface area contributed by atoms with Crippen LogP contribution in [0.3, 0.4) is 0 Å². The summed E-state index contributed by atoms with van der Waals surface area (Å²) in [6.45, 7) is 4.52. The van der Waals surface area contributed by atoms with Crippen molar-refractivity contribution in [1.82, 2.24) is 5.32 Å². The molecule has 0 rings (SSSR count). The van der Waals surface area contributed by atoms with Gasteiger partial charge < -0.3 is 5.11 Å². The van der Waals surface area contributed by atoms with Crippen LogP contribution in [0.15, 0.2) is 0 Å². The second-order valence-corrected chi connectivity index (χ2v) is 6.31. The van der Waals surface area contributed by atoms with Gasteiger partial charge in [0.15, 0.2) is 0 Å². The summed E-state index contributed by atoms with van der Waals surface area (Å²) in [6, 6.07) is 0. The van der Waals surface area contributed by atoms with Gasteiger partial charge in [-0.3, -0.25) is 5.32 Å². The lowest BCUT2D eigenvalue weighted by Gasteiger charge is -2.19. The molecule has 0 amide bonds. The summed E-state index contributed by atoms with van der Waals surface area (Å²) in [5.41, 5.74) is 0. The molecule has 0 saturated heterocycles. The van der Waals surface area contributed by atoms with E-state index in [-0.39, 0.29) is 6.23 Å². The van der Waals surface area contributed by atoms with Crippen LogP contribution in [0.2, 0.25) is 0 Å². The summed E-state index contributed by atoms with van der Waals surface area (Å²) in [5.74, 6) is 0.701. The van der Waals surface area contributed by atoms with Crippen LogP contribution in [-0.2, 0) is 0 Å². The number of unbranched alkanes of at least 4 members (excludes halogenated alkanes) is 8. The highest BCUT2D eigenvalue weighted by Crippen LogP contribution is 2.21. The minimum absolute atomic E-state index is 0.315. The second kappa shape index (κ2) is 15.3. The van der Waals surface area contributed by atoms with Crippen molar-refractivity contribution in [2.24, 2.45) is 5.92 Å². The van der Waals surface area contributed by atoms with E-state index < -0.39 is 0 Å². The zero-order valence-corrected chi connectivity index (χ0v) is 14.3. The maximum Gasteiger partial charge on any atom is 0.104 e. The number of aliphatic hydroxyl groups excluding tert-OH is 1. The predicted octanol–water partition coefficient (Wildman–Crippen LogP) is 5.25. The third-order valence-electron chi connectivity index (χ3n) is 4.30. The fourth-order valence-corrected chi connectivity index (χ4v) is 2.97. The Balaban J connectivity index is 3.44. The van der Waals surface area contributed by atoms with Gasteiger partial charge in [0.05, 0.1) is 0 Å². The fourth-order valence-electron chi connectivity index (χ4n) is 2.97. The van der Waals surface area contributed by atoms with E-state index in [1.165, 1.54) is 77.0 Å². The Hall–Kier alpha value is -0.0800. The molecule has 0 fully saturated rings. The highest BCUT2D eigenvalue weighted by molar-refractivity contribution is 4.63. The molecule has 0 aromatic carbocycles. The van der Waals surface area contributed by atoms with Gasteiger partial charge in [0.2, 0.25) is 0 Å². The average Bonchev–Trinajstić information content (AvgIpc) is 2.45. The second-order valence-electron chi connectivity index (χ2n) is 6.31. The molecule has 0 aromatic heterocycles. The monoisotopic (exact) mass is 285 g/mol. The first-order valence-electron chi connectivity index (χ1n) is 9.09. The first-order valence-corrected chi connectivity index (χ1v) is 9.09. The van der Waals surface area contributed by atoms with E-state index in [9.17, 15) is 5.11 Å². The fraction of sp³-hybridized carbons (Fsp3) is 1.00. The number of hydrogen-bond donors (Lipinski definition) is 2. The van der Waals surface area contributed by atoms with Crippen molar-refractivity contribution >= 4 is 0 Å². The van der Waals surface area contributed by atoms with Gasteiger partial charge in [0.25, 0.3) is 0 Å². The van der Waals surface area contributed by atoms with Crippen molar-refractivity contribution < 1.29 is 5.11 Å². The molecule has 0 aliphatic rings. The number of hydrogen-bond acceptors (Lipinski definition) is 2. The molecule has 0 bridgehead atoms. The smallest absolute Gasteiger partial charge is 0.104 e. The standard InChI is InChI=1S/C18H39NO/c1-4-6-7-8-9-10-11-12-13-15-17(14-5-2)16-18(20)19-3/h17-20H,4-16H2,1-3H3. The van der Waals surface area contributed by atoms with Gasteiger partial charge in [0, 0.05) is 0 Å². The molecule has 0 heterocycles.